The maximum absolute atomic E-state index is 12.2. The molecule has 0 saturated heterocycles. The highest BCUT2D eigenvalue weighted by molar-refractivity contribution is 7.99. The van der Waals surface area contributed by atoms with Crippen LogP contribution >= 0.6 is 23.4 Å². The van der Waals surface area contributed by atoms with E-state index >= 15 is 0 Å². The zero-order valence-electron chi connectivity index (χ0n) is 11.7. The molecule has 0 fully saturated rings. The highest BCUT2D eigenvalue weighted by Gasteiger charge is 2.27. The molecular formula is C14H15ClN2O3S. The van der Waals surface area contributed by atoms with Crippen LogP contribution in [-0.2, 0) is 4.74 Å². The molecule has 1 aromatic heterocycles. The Labute approximate surface area is 130 Å². The summed E-state index contributed by atoms with van der Waals surface area (Å²) in [6.45, 7) is 4.80. The molecule has 1 aliphatic heterocycles. The first-order valence-electron chi connectivity index (χ1n) is 6.72. The van der Waals surface area contributed by atoms with Crippen LogP contribution in [0.25, 0.3) is 10.9 Å². The van der Waals surface area contributed by atoms with E-state index in [0.717, 1.165) is 10.5 Å². The van der Waals surface area contributed by atoms with Crippen LogP contribution in [0, 0.1) is 6.92 Å². The minimum atomic E-state index is -0.404. The average Bonchev–Trinajstić information content (AvgIpc) is 2.46. The van der Waals surface area contributed by atoms with Crippen molar-refractivity contribution in [1.29, 1.82) is 0 Å². The lowest BCUT2D eigenvalue weighted by molar-refractivity contribution is 0.119. The van der Waals surface area contributed by atoms with Crippen molar-refractivity contribution in [2.75, 3.05) is 19.0 Å². The molecule has 0 amide bonds. The predicted octanol–water partition coefficient (Wildman–Crippen LogP) is 2.33. The van der Waals surface area contributed by atoms with Crippen LogP contribution in [0.5, 0.6) is 0 Å². The van der Waals surface area contributed by atoms with Crippen LogP contribution in [-0.4, -0.2) is 28.5 Å². The van der Waals surface area contributed by atoms with Gasteiger partial charge in [0.15, 0.2) is 0 Å². The van der Waals surface area contributed by atoms with Gasteiger partial charge in [0, 0.05) is 12.4 Å². The van der Waals surface area contributed by atoms with E-state index in [4.69, 9.17) is 16.3 Å². The van der Waals surface area contributed by atoms with Crippen molar-refractivity contribution >= 4 is 34.3 Å². The Kier molecular flexibility index (Phi) is 3.86. The van der Waals surface area contributed by atoms with Crippen LogP contribution in [0.4, 0.5) is 0 Å². The average molecular weight is 327 g/mol. The van der Waals surface area contributed by atoms with Gasteiger partial charge in [-0.25, -0.2) is 4.79 Å². The molecule has 0 aliphatic carbocycles. The predicted molar refractivity (Wildman–Crippen MR) is 84.8 cm³/mol. The highest BCUT2D eigenvalue weighted by Crippen LogP contribution is 2.40. The van der Waals surface area contributed by atoms with Crippen LogP contribution < -0.4 is 11.2 Å². The molecule has 2 heterocycles. The second-order valence-electron chi connectivity index (χ2n) is 4.99. The quantitative estimate of drug-likeness (QED) is 0.940. The fraction of sp³-hybridized carbons (Fsp3) is 0.429. The monoisotopic (exact) mass is 326 g/mol. The maximum atomic E-state index is 12.2. The van der Waals surface area contributed by atoms with E-state index in [1.54, 1.807) is 22.4 Å². The molecule has 112 valence electrons. The van der Waals surface area contributed by atoms with Crippen molar-refractivity contribution < 1.29 is 4.74 Å². The van der Waals surface area contributed by atoms with Gasteiger partial charge in [0.25, 0.3) is 5.56 Å². The number of halogens is 1. The number of H-pyrrole nitrogens is 1. The zero-order valence-corrected chi connectivity index (χ0v) is 13.3. The van der Waals surface area contributed by atoms with Gasteiger partial charge in [-0.2, -0.15) is 0 Å². The molecule has 0 saturated carbocycles. The number of hydrogen-bond donors (Lipinski definition) is 1. The third kappa shape index (κ3) is 2.31. The van der Waals surface area contributed by atoms with Gasteiger partial charge in [-0.1, -0.05) is 11.6 Å². The molecule has 7 heteroatoms. The van der Waals surface area contributed by atoms with Gasteiger partial charge in [0.2, 0.25) is 0 Å². The molecule has 0 spiro atoms. The van der Waals surface area contributed by atoms with Gasteiger partial charge < -0.3 is 4.74 Å². The van der Waals surface area contributed by atoms with E-state index in [1.807, 2.05) is 13.8 Å². The number of thioether (sulfide) groups is 1. The van der Waals surface area contributed by atoms with Gasteiger partial charge in [0.05, 0.1) is 33.5 Å². The van der Waals surface area contributed by atoms with Crippen molar-refractivity contribution in [2.45, 2.75) is 24.8 Å². The molecule has 5 nitrogen and oxygen atoms in total. The Morgan fingerprint density at radius 1 is 1.52 bits per heavy atom. The summed E-state index contributed by atoms with van der Waals surface area (Å²) in [4.78, 5) is 27.5. The Morgan fingerprint density at radius 3 is 3.00 bits per heavy atom. The van der Waals surface area contributed by atoms with Gasteiger partial charge in [0.1, 0.15) is 0 Å². The second-order valence-corrected chi connectivity index (χ2v) is 6.39. The first kappa shape index (κ1) is 14.7. The summed E-state index contributed by atoms with van der Waals surface area (Å²) in [5, 5.41) is 1.11. The van der Waals surface area contributed by atoms with Crippen LogP contribution in [0.3, 0.4) is 0 Å². The molecule has 21 heavy (non-hydrogen) atoms. The molecule has 0 unspecified atom stereocenters. The second kappa shape index (κ2) is 5.51. The zero-order chi connectivity index (χ0) is 15.1. The lowest BCUT2D eigenvalue weighted by Gasteiger charge is -2.27. The number of nitrogens with zero attached hydrogens (tertiary/aromatic N) is 1. The van der Waals surface area contributed by atoms with Gasteiger partial charge in [-0.05, 0) is 25.5 Å². The number of aryl methyl sites for hydroxylation is 1. The Hall–Kier alpha value is -1.24. The van der Waals surface area contributed by atoms with Crippen molar-refractivity contribution in [2.24, 2.45) is 0 Å². The number of nitrogens with one attached hydrogen (secondary N) is 1. The fourth-order valence-electron chi connectivity index (χ4n) is 2.60. The van der Waals surface area contributed by atoms with Crippen molar-refractivity contribution in [3.63, 3.8) is 0 Å². The van der Waals surface area contributed by atoms with E-state index in [1.165, 1.54) is 0 Å². The van der Waals surface area contributed by atoms with Gasteiger partial charge >= 0.3 is 5.69 Å². The molecule has 1 N–H and O–H groups in total. The minimum Gasteiger partial charge on any atom is -0.380 e. The van der Waals surface area contributed by atoms with Crippen molar-refractivity contribution in [1.82, 2.24) is 9.55 Å². The van der Waals surface area contributed by atoms with Crippen LogP contribution in [0.1, 0.15) is 18.5 Å². The number of hydrogen-bond acceptors (Lipinski definition) is 4. The first-order valence-corrected chi connectivity index (χ1v) is 8.09. The first-order chi connectivity index (χ1) is 10.0. The lowest BCUT2D eigenvalue weighted by atomic mass is 10.1. The highest BCUT2D eigenvalue weighted by atomic mass is 35.5. The lowest BCUT2D eigenvalue weighted by Crippen LogP contribution is -2.37. The Bertz CT molecular complexity index is 828. The standard InChI is InChI=1S/C14H15ClN2O3S/c1-3-20-5-8-6-21-12-10(15)7(2)4-9-11(12)17(8)14(19)16-13(9)18/h4,8H,3,5-6H2,1-2H3,(H,16,18,19)/t8-/m0/s1. The Morgan fingerprint density at radius 2 is 2.29 bits per heavy atom. The number of rotatable bonds is 3. The summed E-state index contributed by atoms with van der Waals surface area (Å²) in [5.41, 5.74) is 0.689. The summed E-state index contributed by atoms with van der Waals surface area (Å²) in [5.74, 6) is 0.692. The van der Waals surface area contributed by atoms with Gasteiger partial charge in [-0.3, -0.25) is 14.3 Å². The Balaban J connectivity index is 2.36. The molecule has 2 aromatic rings. The maximum Gasteiger partial charge on any atom is 0.329 e. The van der Waals surface area contributed by atoms with Crippen molar-refractivity contribution in [3.05, 3.63) is 37.5 Å². The van der Waals surface area contributed by atoms with E-state index in [-0.39, 0.29) is 11.6 Å². The summed E-state index contributed by atoms with van der Waals surface area (Å²) >= 11 is 7.93. The molecule has 1 aliphatic rings. The van der Waals surface area contributed by atoms with E-state index in [2.05, 4.69) is 4.98 Å². The van der Waals surface area contributed by atoms with Crippen LogP contribution in [0.2, 0.25) is 5.02 Å². The summed E-state index contributed by atoms with van der Waals surface area (Å²) in [7, 11) is 0. The summed E-state index contributed by atoms with van der Waals surface area (Å²) in [6.07, 6.45) is 0. The molecule has 1 atom stereocenters. The fourth-order valence-corrected chi connectivity index (χ4v) is 4.15. The number of aromatic amines is 1. The summed E-state index contributed by atoms with van der Waals surface area (Å²) < 4.78 is 7.07. The SMILES string of the molecule is CCOC[C@H]1CSc2c(Cl)c(C)cc3c(=O)[nH]c(=O)n1c23. The largest absolute Gasteiger partial charge is 0.380 e. The molecule has 3 rings (SSSR count). The molecule has 0 radical (unpaired) electrons. The molecule has 1 aromatic carbocycles. The summed E-state index contributed by atoms with van der Waals surface area (Å²) in [6, 6.07) is 1.63. The smallest absolute Gasteiger partial charge is 0.329 e. The normalized spacial score (nSPS) is 17.4. The molecular weight excluding hydrogens is 312 g/mol. The third-order valence-electron chi connectivity index (χ3n) is 3.60. The third-order valence-corrected chi connectivity index (χ3v) is 5.44. The number of aromatic nitrogens is 2. The van der Waals surface area contributed by atoms with Crippen molar-refractivity contribution in [3.8, 4) is 0 Å². The number of benzene rings is 1. The topological polar surface area (TPSA) is 64.1 Å². The minimum absolute atomic E-state index is 0.104. The van der Waals surface area contributed by atoms with E-state index in [0.29, 0.717) is 34.9 Å². The van der Waals surface area contributed by atoms with Gasteiger partial charge in [-0.15, -0.1) is 11.8 Å². The van der Waals surface area contributed by atoms with E-state index in [9.17, 15) is 9.59 Å². The number of ether oxygens (including phenoxy) is 1. The van der Waals surface area contributed by atoms with Crippen LogP contribution in [0.15, 0.2) is 20.6 Å². The van der Waals surface area contributed by atoms with E-state index < -0.39 is 5.69 Å². The molecule has 0 bridgehead atoms.